The highest BCUT2D eigenvalue weighted by Crippen LogP contribution is 2.17. The van der Waals surface area contributed by atoms with Gasteiger partial charge in [0.2, 0.25) is 0 Å². The maximum Gasteiger partial charge on any atom is 0.326 e. The Morgan fingerprint density at radius 3 is 2.60 bits per heavy atom. The van der Waals surface area contributed by atoms with Gasteiger partial charge in [-0.3, -0.25) is 0 Å². The summed E-state index contributed by atoms with van der Waals surface area (Å²) in [6.45, 7) is 4.21. The number of aliphatic hydroxyl groups excluding tert-OH is 1. The van der Waals surface area contributed by atoms with Crippen molar-refractivity contribution < 1.29 is 19.8 Å². The van der Waals surface area contributed by atoms with Gasteiger partial charge in [-0.25, -0.2) is 9.59 Å². The highest BCUT2D eigenvalue weighted by Gasteiger charge is 2.30. The van der Waals surface area contributed by atoms with E-state index in [9.17, 15) is 19.8 Å². The number of urea groups is 1. The van der Waals surface area contributed by atoms with Crippen LogP contribution in [0.3, 0.4) is 0 Å². The van der Waals surface area contributed by atoms with E-state index in [4.69, 9.17) is 0 Å². The van der Waals surface area contributed by atoms with Gasteiger partial charge in [-0.1, -0.05) is 33.1 Å². The third-order valence-corrected chi connectivity index (χ3v) is 4.11. The second-order valence-corrected chi connectivity index (χ2v) is 5.53. The van der Waals surface area contributed by atoms with Gasteiger partial charge in [-0.2, -0.15) is 0 Å². The van der Waals surface area contributed by atoms with E-state index in [1.807, 2.05) is 13.8 Å². The maximum absolute atomic E-state index is 12.3. The summed E-state index contributed by atoms with van der Waals surface area (Å²) in [7, 11) is 0. The average molecular weight is 286 g/mol. The molecule has 0 bridgehead atoms. The molecule has 0 spiro atoms. The molecule has 2 amide bonds. The van der Waals surface area contributed by atoms with Crippen LogP contribution < -0.4 is 5.32 Å². The number of hydrogen-bond acceptors (Lipinski definition) is 3. The molecule has 1 aliphatic rings. The Labute approximate surface area is 120 Å². The number of carboxylic acid groups (broad SMARTS) is 1. The Hall–Kier alpha value is -1.30. The first-order valence-electron chi connectivity index (χ1n) is 7.42. The van der Waals surface area contributed by atoms with E-state index in [-0.39, 0.29) is 24.6 Å². The molecule has 0 radical (unpaired) electrons. The van der Waals surface area contributed by atoms with Crippen molar-refractivity contribution in [1.82, 2.24) is 10.2 Å². The van der Waals surface area contributed by atoms with Crippen LogP contribution in [0.15, 0.2) is 0 Å². The third kappa shape index (κ3) is 4.37. The number of rotatable bonds is 5. The van der Waals surface area contributed by atoms with E-state index in [2.05, 4.69) is 5.32 Å². The SMILES string of the molecule is CCC(C)[C@H](NC(=O)N1CCCCCC1CO)C(=O)O. The maximum atomic E-state index is 12.3. The Kier molecular flexibility index (Phi) is 6.78. The lowest BCUT2D eigenvalue weighted by Gasteiger charge is -2.31. The molecular formula is C14H26N2O4. The molecule has 0 saturated carbocycles. The molecule has 1 saturated heterocycles. The van der Waals surface area contributed by atoms with Crippen LogP contribution in [0.25, 0.3) is 0 Å². The van der Waals surface area contributed by atoms with Gasteiger partial charge in [0.1, 0.15) is 6.04 Å². The lowest BCUT2D eigenvalue weighted by Crippen LogP contribution is -2.53. The minimum absolute atomic E-state index is 0.0749. The van der Waals surface area contributed by atoms with Crippen molar-refractivity contribution in [2.45, 2.75) is 58.0 Å². The molecular weight excluding hydrogens is 260 g/mol. The summed E-state index contributed by atoms with van der Waals surface area (Å²) >= 11 is 0. The molecule has 3 N–H and O–H groups in total. The Morgan fingerprint density at radius 2 is 2.05 bits per heavy atom. The average Bonchev–Trinajstić information content (AvgIpc) is 2.68. The topological polar surface area (TPSA) is 89.9 Å². The molecule has 1 heterocycles. The summed E-state index contributed by atoms with van der Waals surface area (Å²) in [5, 5.41) is 21.2. The van der Waals surface area contributed by atoms with Crippen LogP contribution in [0.4, 0.5) is 4.79 Å². The van der Waals surface area contributed by atoms with Crippen LogP contribution in [0, 0.1) is 5.92 Å². The van der Waals surface area contributed by atoms with E-state index in [0.29, 0.717) is 13.0 Å². The van der Waals surface area contributed by atoms with Crippen molar-refractivity contribution in [3.63, 3.8) is 0 Å². The zero-order valence-electron chi connectivity index (χ0n) is 12.3. The number of nitrogens with zero attached hydrogens (tertiary/aromatic N) is 1. The van der Waals surface area contributed by atoms with Crippen molar-refractivity contribution in [3.05, 3.63) is 0 Å². The minimum Gasteiger partial charge on any atom is -0.480 e. The summed E-state index contributed by atoms with van der Waals surface area (Å²) in [6, 6.07) is -1.46. The number of hydrogen-bond donors (Lipinski definition) is 3. The second-order valence-electron chi connectivity index (χ2n) is 5.53. The Balaban J connectivity index is 2.72. The highest BCUT2D eigenvalue weighted by molar-refractivity contribution is 5.83. The predicted molar refractivity (Wildman–Crippen MR) is 75.5 cm³/mol. The van der Waals surface area contributed by atoms with Gasteiger partial charge in [0.05, 0.1) is 12.6 Å². The van der Waals surface area contributed by atoms with Crippen LogP contribution in [0.1, 0.15) is 46.0 Å². The van der Waals surface area contributed by atoms with Crippen molar-refractivity contribution in [2.75, 3.05) is 13.2 Å². The Morgan fingerprint density at radius 1 is 1.35 bits per heavy atom. The first-order chi connectivity index (χ1) is 9.51. The van der Waals surface area contributed by atoms with Gasteiger partial charge in [0.25, 0.3) is 0 Å². The Bertz CT molecular complexity index is 335. The van der Waals surface area contributed by atoms with E-state index >= 15 is 0 Å². The lowest BCUT2D eigenvalue weighted by molar-refractivity contribution is -0.140. The molecule has 1 rings (SSSR count). The normalized spacial score (nSPS) is 22.8. The van der Waals surface area contributed by atoms with Crippen LogP contribution in [0.2, 0.25) is 0 Å². The predicted octanol–water partition coefficient (Wildman–Crippen LogP) is 1.43. The molecule has 116 valence electrons. The zero-order valence-corrected chi connectivity index (χ0v) is 12.3. The fraction of sp³-hybridized carbons (Fsp3) is 0.857. The largest absolute Gasteiger partial charge is 0.480 e. The van der Waals surface area contributed by atoms with Crippen molar-refractivity contribution in [2.24, 2.45) is 5.92 Å². The van der Waals surface area contributed by atoms with E-state index in [1.54, 1.807) is 4.90 Å². The van der Waals surface area contributed by atoms with Gasteiger partial charge < -0.3 is 20.4 Å². The van der Waals surface area contributed by atoms with E-state index in [0.717, 1.165) is 25.7 Å². The number of nitrogens with one attached hydrogen (secondary N) is 1. The molecule has 1 aliphatic heterocycles. The van der Waals surface area contributed by atoms with Gasteiger partial charge >= 0.3 is 12.0 Å². The van der Waals surface area contributed by atoms with E-state index < -0.39 is 12.0 Å². The number of carbonyl (C=O) groups excluding carboxylic acids is 1. The summed E-state index contributed by atoms with van der Waals surface area (Å²) in [5.74, 6) is -1.14. The third-order valence-electron chi connectivity index (χ3n) is 4.11. The summed E-state index contributed by atoms with van der Waals surface area (Å²) in [6.07, 6.45) is 4.37. The lowest BCUT2D eigenvalue weighted by atomic mass is 9.99. The van der Waals surface area contributed by atoms with Crippen molar-refractivity contribution in [1.29, 1.82) is 0 Å². The van der Waals surface area contributed by atoms with Crippen molar-refractivity contribution in [3.8, 4) is 0 Å². The molecule has 0 aliphatic carbocycles. The summed E-state index contributed by atoms with van der Waals surface area (Å²) in [5.41, 5.74) is 0. The quantitative estimate of drug-likeness (QED) is 0.713. The first-order valence-corrected chi connectivity index (χ1v) is 7.42. The molecule has 0 aromatic heterocycles. The molecule has 20 heavy (non-hydrogen) atoms. The van der Waals surface area contributed by atoms with Crippen LogP contribution in [-0.2, 0) is 4.79 Å². The molecule has 6 nitrogen and oxygen atoms in total. The minimum atomic E-state index is -1.01. The number of likely N-dealkylation sites (tertiary alicyclic amines) is 1. The molecule has 2 unspecified atom stereocenters. The number of amides is 2. The first kappa shape index (κ1) is 16.8. The van der Waals surface area contributed by atoms with Gasteiger partial charge in [0, 0.05) is 6.54 Å². The zero-order chi connectivity index (χ0) is 15.1. The standard InChI is InChI=1S/C14H26N2O4/c1-3-10(2)12(13(18)19)15-14(20)16-8-6-4-5-7-11(16)9-17/h10-12,17H,3-9H2,1-2H3,(H,15,20)(H,18,19)/t10?,11?,12-/m0/s1. The van der Waals surface area contributed by atoms with Gasteiger partial charge in [0.15, 0.2) is 0 Å². The fourth-order valence-corrected chi connectivity index (χ4v) is 2.53. The molecule has 6 heteroatoms. The second kappa shape index (κ2) is 8.09. The number of aliphatic carboxylic acids is 1. The highest BCUT2D eigenvalue weighted by atomic mass is 16.4. The fourth-order valence-electron chi connectivity index (χ4n) is 2.53. The van der Waals surface area contributed by atoms with Gasteiger partial charge in [-0.05, 0) is 18.8 Å². The summed E-state index contributed by atoms with van der Waals surface area (Å²) in [4.78, 5) is 25.1. The van der Waals surface area contributed by atoms with E-state index in [1.165, 1.54) is 0 Å². The molecule has 0 aromatic carbocycles. The monoisotopic (exact) mass is 286 g/mol. The number of carboxylic acids is 1. The molecule has 1 fully saturated rings. The smallest absolute Gasteiger partial charge is 0.326 e. The number of aliphatic hydroxyl groups is 1. The van der Waals surface area contributed by atoms with Crippen LogP contribution >= 0.6 is 0 Å². The molecule has 3 atom stereocenters. The van der Waals surface area contributed by atoms with Crippen LogP contribution in [-0.4, -0.2) is 52.3 Å². The van der Waals surface area contributed by atoms with Crippen LogP contribution in [0.5, 0.6) is 0 Å². The summed E-state index contributed by atoms with van der Waals surface area (Å²) < 4.78 is 0. The number of carbonyl (C=O) groups is 2. The van der Waals surface area contributed by atoms with Gasteiger partial charge in [-0.15, -0.1) is 0 Å². The molecule has 0 aromatic rings. The van der Waals surface area contributed by atoms with Crippen molar-refractivity contribution >= 4 is 12.0 Å².